The Kier molecular flexibility index (Phi) is 4.56. The number of ether oxygens (including phenoxy) is 2. The number of nitrogens with one attached hydrogen (secondary N) is 1. The van der Waals surface area contributed by atoms with E-state index < -0.39 is 5.60 Å². The molecule has 1 rings (SSSR count). The molecule has 1 N–H and O–H groups in total. The summed E-state index contributed by atoms with van der Waals surface area (Å²) in [7, 11) is 3.04. The van der Waals surface area contributed by atoms with Crippen molar-refractivity contribution in [2.75, 3.05) is 20.7 Å². The molecule has 1 saturated heterocycles. The summed E-state index contributed by atoms with van der Waals surface area (Å²) in [6.45, 7) is 6.03. The molecular formula is C12H22N2O4. The van der Waals surface area contributed by atoms with Crippen LogP contribution in [0.15, 0.2) is 0 Å². The molecule has 0 aromatic rings. The minimum Gasteiger partial charge on any atom is -0.468 e. The molecule has 0 saturated carbocycles. The molecule has 0 aromatic heterocycles. The Bertz CT molecular complexity index is 325. The third-order valence-corrected chi connectivity index (χ3v) is 2.82. The van der Waals surface area contributed by atoms with Gasteiger partial charge >= 0.3 is 12.1 Å². The summed E-state index contributed by atoms with van der Waals surface area (Å²) in [5.41, 5.74) is -0.515. The highest BCUT2D eigenvalue weighted by atomic mass is 16.6. The van der Waals surface area contributed by atoms with Gasteiger partial charge in [0.25, 0.3) is 0 Å². The molecule has 1 heterocycles. The Morgan fingerprint density at radius 2 is 1.94 bits per heavy atom. The van der Waals surface area contributed by atoms with Gasteiger partial charge in [-0.15, -0.1) is 0 Å². The monoisotopic (exact) mass is 258 g/mol. The topological polar surface area (TPSA) is 67.9 Å². The van der Waals surface area contributed by atoms with Gasteiger partial charge in [-0.3, -0.25) is 4.79 Å². The van der Waals surface area contributed by atoms with Crippen molar-refractivity contribution in [3.63, 3.8) is 0 Å². The molecule has 6 nitrogen and oxygen atoms in total. The van der Waals surface area contributed by atoms with Gasteiger partial charge in [-0.1, -0.05) is 0 Å². The smallest absolute Gasteiger partial charge is 0.410 e. The number of hydrogen-bond acceptors (Lipinski definition) is 5. The molecule has 0 aromatic carbocycles. The maximum atomic E-state index is 11.9. The number of amides is 1. The molecule has 6 heteroatoms. The zero-order valence-electron chi connectivity index (χ0n) is 11.6. The molecule has 0 aliphatic carbocycles. The van der Waals surface area contributed by atoms with Gasteiger partial charge in [-0.25, -0.2) is 4.79 Å². The van der Waals surface area contributed by atoms with Crippen molar-refractivity contribution in [1.29, 1.82) is 0 Å². The standard InChI is InChI=1S/C12H22N2O4/c1-12(2,3)18-11(16)14(4)8-6-9(13-7-8)10(15)17-5/h8-9,13H,6-7H2,1-5H3/t8-,9+/m1/s1. The fourth-order valence-corrected chi connectivity index (χ4v) is 1.82. The maximum absolute atomic E-state index is 11.9. The molecule has 18 heavy (non-hydrogen) atoms. The molecule has 2 atom stereocenters. The Hall–Kier alpha value is -1.30. The van der Waals surface area contributed by atoms with E-state index in [-0.39, 0.29) is 24.1 Å². The van der Waals surface area contributed by atoms with Crippen LogP contribution >= 0.6 is 0 Å². The van der Waals surface area contributed by atoms with Gasteiger partial charge in [0.1, 0.15) is 11.6 Å². The molecular weight excluding hydrogens is 236 g/mol. The van der Waals surface area contributed by atoms with E-state index in [0.29, 0.717) is 13.0 Å². The molecule has 0 bridgehead atoms. The second kappa shape index (κ2) is 5.56. The Morgan fingerprint density at radius 3 is 2.44 bits per heavy atom. The SMILES string of the molecule is COC(=O)[C@@H]1C[C@@H](N(C)C(=O)OC(C)(C)C)CN1. The molecule has 1 amide bonds. The molecule has 0 radical (unpaired) electrons. The van der Waals surface area contributed by atoms with Gasteiger partial charge in [0.2, 0.25) is 0 Å². The molecule has 0 spiro atoms. The number of hydrogen-bond donors (Lipinski definition) is 1. The van der Waals surface area contributed by atoms with Crippen LogP contribution in [-0.2, 0) is 14.3 Å². The lowest BCUT2D eigenvalue weighted by molar-refractivity contribution is -0.142. The van der Waals surface area contributed by atoms with Gasteiger partial charge in [0, 0.05) is 19.6 Å². The van der Waals surface area contributed by atoms with Crippen LogP contribution in [0.4, 0.5) is 4.79 Å². The highest BCUT2D eigenvalue weighted by molar-refractivity contribution is 5.76. The lowest BCUT2D eigenvalue weighted by atomic mass is 10.1. The van der Waals surface area contributed by atoms with E-state index in [4.69, 9.17) is 4.74 Å². The molecule has 1 fully saturated rings. The minimum atomic E-state index is -0.515. The quantitative estimate of drug-likeness (QED) is 0.740. The number of carbonyl (C=O) groups excluding carboxylic acids is 2. The van der Waals surface area contributed by atoms with Crippen LogP contribution in [0.1, 0.15) is 27.2 Å². The molecule has 104 valence electrons. The first-order valence-corrected chi connectivity index (χ1v) is 6.01. The van der Waals surface area contributed by atoms with E-state index in [1.165, 1.54) is 12.0 Å². The van der Waals surface area contributed by atoms with Crippen molar-refractivity contribution < 1.29 is 19.1 Å². The van der Waals surface area contributed by atoms with Gasteiger partial charge in [-0.05, 0) is 27.2 Å². The van der Waals surface area contributed by atoms with E-state index in [0.717, 1.165) is 0 Å². The van der Waals surface area contributed by atoms with Crippen molar-refractivity contribution in [2.45, 2.75) is 44.9 Å². The van der Waals surface area contributed by atoms with Crippen molar-refractivity contribution >= 4 is 12.1 Å². The van der Waals surface area contributed by atoms with Crippen molar-refractivity contribution in [3.8, 4) is 0 Å². The van der Waals surface area contributed by atoms with Gasteiger partial charge in [0.05, 0.1) is 7.11 Å². The third-order valence-electron chi connectivity index (χ3n) is 2.82. The first-order chi connectivity index (χ1) is 8.24. The zero-order valence-corrected chi connectivity index (χ0v) is 11.6. The summed E-state index contributed by atoms with van der Waals surface area (Å²) < 4.78 is 9.94. The predicted octanol–water partition coefficient (Wildman–Crippen LogP) is 0.757. The van der Waals surface area contributed by atoms with Crippen molar-refractivity contribution in [1.82, 2.24) is 10.2 Å². The Balaban J connectivity index is 2.52. The van der Waals surface area contributed by atoms with Crippen LogP contribution < -0.4 is 5.32 Å². The first-order valence-electron chi connectivity index (χ1n) is 6.01. The van der Waals surface area contributed by atoms with Gasteiger partial charge < -0.3 is 19.7 Å². The zero-order chi connectivity index (χ0) is 13.9. The number of methoxy groups -OCH3 is 1. The molecule has 0 unspecified atom stereocenters. The van der Waals surface area contributed by atoms with E-state index in [1.807, 2.05) is 20.8 Å². The van der Waals surface area contributed by atoms with Crippen molar-refractivity contribution in [2.24, 2.45) is 0 Å². The van der Waals surface area contributed by atoms with Crippen LogP contribution in [0.5, 0.6) is 0 Å². The lowest BCUT2D eigenvalue weighted by Crippen LogP contribution is -2.41. The van der Waals surface area contributed by atoms with E-state index in [2.05, 4.69) is 10.1 Å². The average molecular weight is 258 g/mol. The minimum absolute atomic E-state index is 0.0519. The van der Waals surface area contributed by atoms with E-state index in [9.17, 15) is 9.59 Å². The van der Waals surface area contributed by atoms with E-state index >= 15 is 0 Å². The Morgan fingerprint density at radius 1 is 1.33 bits per heavy atom. The predicted molar refractivity (Wildman–Crippen MR) is 66.2 cm³/mol. The average Bonchev–Trinajstić information content (AvgIpc) is 2.73. The number of rotatable bonds is 2. The maximum Gasteiger partial charge on any atom is 0.410 e. The van der Waals surface area contributed by atoms with Crippen LogP contribution in [0.3, 0.4) is 0 Å². The third kappa shape index (κ3) is 3.87. The fourth-order valence-electron chi connectivity index (χ4n) is 1.82. The summed E-state index contributed by atoms with van der Waals surface area (Å²) in [6.07, 6.45) is 0.169. The van der Waals surface area contributed by atoms with Crippen LogP contribution in [0.25, 0.3) is 0 Å². The van der Waals surface area contributed by atoms with Gasteiger partial charge in [0.15, 0.2) is 0 Å². The summed E-state index contributed by atoms with van der Waals surface area (Å²) in [6, 6.07) is -0.395. The summed E-state index contributed by atoms with van der Waals surface area (Å²) >= 11 is 0. The number of nitrogens with zero attached hydrogens (tertiary/aromatic N) is 1. The van der Waals surface area contributed by atoms with Crippen LogP contribution in [0.2, 0.25) is 0 Å². The summed E-state index contributed by atoms with van der Waals surface area (Å²) in [5.74, 6) is -0.296. The summed E-state index contributed by atoms with van der Waals surface area (Å²) in [4.78, 5) is 24.7. The summed E-state index contributed by atoms with van der Waals surface area (Å²) in [5, 5.41) is 3.03. The largest absolute Gasteiger partial charge is 0.468 e. The highest BCUT2D eigenvalue weighted by Crippen LogP contribution is 2.16. The van der Waals surface area contributed by atoms with E-state index in [1.54, 1.807) is 7.05 Å². The number of likely N-dealkylation sites (N-methyl/N-ethyl adjacent to an activating group) is 1. The van der Waals surface area contributed by atoms with Crippen LogP contribution in [-0.4, -0.2) is 55.3 Å². The first kappa shape index (κ1) is 14.8. The van der Waals surface area contributed by atoms with Crippen molar-refractivity contribution in [3.05, 3.63) is 0 Å². The highest BCUT2D eigenvalue weighted by Gasteiger charge is 2.35. The number of esters is 1. The molecule has 1 aliphatic rings. The number of carbonyl (C=O) groups is 2. The second-order valence-electron chi connectivity index (χ2n) is 5.46. The van der Waals surface area contributed by atoms with Crippen LogP contribution in [0, 0.1) is 0 Å². The normalized spacial score (nSPS) is 23.6. The fraction of sp³-hybridized carbons (Fsp3) is 0.833. The Labute approximate surface area is 108 Å². The van der Waals surface area contributed by atoms with Gasteiger partial charge in [-0.2, -0.15) is 0 Å². The second-order valence-corrected chi connectivity index (χ2v) is 5.46. The molecule has 1 aliphatic heterocycles. The lowest BCUT2D eigenvalue weighted by Gasteiger charge is -2.28.